The highest BCUT2D eigenvalue weighted by Crippen LogP contribution is 2.37. The van der Waals surface area contributed by atoms with Gasteiger partial charge in [0.05, 0.1) is 7.11 Å². The fraction of sp³-hybridized carbons (Fsp3) is 0.440. The van der Waals surface area contributed by atoms with E-state index in [1.54, 1.807) is 37.8 Å². The molecule has 1 aliphatic rings. The summed E-state index contributed by atoms with van der Waals surface area (Å²) in [7, 11) is 1.38. The van der Waals surface area contributed by atoms with Crippen LogP contribution in [-0.4, -0.2) is 54.4 Å². The van der Waals surface area contributed by atoms with Gasteiger partial charge >= 0.3 is 6.09 Å². The van der Waals surface area contributed by atoms with Crippen LogP contribution in [-0.2, 0) is 10.2 Å². The molecule has 2 amide bonds. The lowest BCUT2D eigenvalue weighted by molar-refractivity contribution is 0.0161. The van der Waals surface area contributed by atoms with Crippen molar-refractivity contribution in [3.63, 3.8) is 0 Å². The fourth-order valence-electron chi connectivity index (χ4n) is 4.13. The molecule has 0 aliphatic carbocycles. The molecule has 2 aromatic rings. The van der Waals surface area contributed by atoms with Crippen LogP contribution < -0.4 is 10.1 Å². The molecule has 184 valence electrons. The molecule has 1 fully saturated rings. The molecule has 0 bridgehead atoms. The maximum Gasteiger partial charge on any atom is 0.410 e. The van der Waals surface area contributed by atoms with E-state index in [1.165, 1.54) is 25.3 Å². The largest absolute Gasteiger partial charge is 0.507 e. The van der Waals surface area contributed by atoms with Crippen LogP contribution in [0.25, 0.3) is 0 Å². The second-order valence-corrected chi connectivity index (χ2v) is 9.44. The van der Waals surface area contributed by atoms with Gasteiger partial charge in [-0.1, -0.05) is 6.07 Å². The van der Waals surface area contributed by atoms with Gasteiger partial charge in [0, 0.05) is 31.1 Å². The Hall–Kier alpha value is -3.36. The van der Waals surface area contributed by atoms with Crippen LogP contribution in [0, 0.1) is 11.6 Å². The number of aromatic hydroxyl groups is 1. The Kier molecular flexibility index (Phi) is 7.33. The molecule has 0 unspecified atom stereocenters. The number of ether oxygens (including phenoxy) is 2. The normalized spacial score (nSPS) is 15.5. The number of hydrogen-bond donors (Lipinski definition) is 2. The van der Waals surface area contributed by atoms with E-state index < -0.39 is 34.7 Å². The number of piperidine rings is 1. The van der Waals surface area contributed by atoms with Crippen molar-refractivity contribution >= 4 is 12.0 Å². The third kappa shape index (κ3) is 5.76. The zero-order valence-electron chi connectivity index (χ0n) is 19.8. The smallest absolute Gasteiger partial charge is 0.410 e. The molecule has 3 rings (SSSR count). The molecule has 2 N–H and O–H groups in total. The molecule has 1 saturated heterocycles. The fourth-order valence-corrected chi connectivity index (χ4v) is 4.13. The van der Waals surface area contributed by atoms with Crippen LogP contribution in [0.15, 0.2) is 36.4 Å². The number of rotatable bonds is 5. The lowest BCUT2D eigenvalue weighted by Crippen LogP contribution is -2.51. The van der Waals surface area contributed by atoms with E-state index in [-0.39, 0.29) is 36.7 Å². The molecule has 2 aromatic carbocycles. The van der Waals surface area contributed by atoms with E-state index in [1.807, 2.05) is 0 Å². The molecule has 0 aromatic heterocycles. The number of hydrogen-bond acceptors (Lipinski definition) is 5. The highest BCUT2D eigenvalue weighted by atomic mass is 19.1. The standard InChI is InChI=1S/C25H30F2N2O5/c1-24(2,3)34-23(32)29-10-8-25(9-11-29,16-12-17(26)14-18(27)13-16)15-28-22(31)21-19(30)6-5-7-20(21)33-4/h5-7,12-14,30H,8-11,15H2,1-4H3,(H,28,31). The highest BCUT2D eigenvalue weighted by Gasteiger charge is 2.39. The maximum absolute atomic E-state index is 14.1. The van der Waals surface area contributed by atoms with E-state index in [2.05, 4.69) is 5.32 Å². The Morgan fingerprint density at radius 1 is 1.12 bits per heavy atom. The summed E-state index contributed by atoms with van der Waals surface area (Å²) in [6, 6.07) is 7.75. The molecule has 0 saturated carbocycles. The van der Waals surface area contributed by atoms with Crippen molar-refractivity contribution in [2.75, 3.05) is 26.7 Å². The Labute approximate surface area is 197 Å². The summed E-state index contributed by atoms with van der Waals surface area (Å²) in [5.74, 6) is -2.08. The molecule has 9 heteroatoms. The van der Waals surface area contributed by atoms with Gasteiger partial charge in [-0.25, -0.2) is 13.6 Å². The molecular formula is C25H30F2N2O5. The molecule has 1 heterocycles. The zero-order valence-corrected chi connectivity index (χ0v) is 19.8. The van der Waals surface area contributed by atoms with Crippen molar-refractivity contribution in [1.29, 1.82) is 0 Å². The van der Waals surface area contributed by atoms with Crippen LogP contribution in [0.2, 0.25) is 0 Å². The van der Waals surface area contributed by atoms with E-state index in [9.17, 15) is 23.5 Å². The molecule has 1 aliphatic heterocycles. The first kappa shape index (κ1) is 25.3. The van der Waals surface area contributed by atoms with Gasteiger partial charge in [0.2, 0.25) is 0 Å². The molecular weight excluding hydrogens is 446 g/mol. The topological polar surface area (TPSA) is 88.1 Å². The van der Waals surface area contributed by atoms with Gasteiger partial charge in [-0.05, 0) is 63.4 Å². The second-order valence-electron chi connectivity index (χ2n) is 9.44. The van der Waals surface area contributed by atoms with Crippen molar-refractivity contribution in [2.24, 2.45) is 0 Å². The highest BCUT2D eigenvalue weighted by molar-refractivity contribution is 5.99. The number of nitrogens with zero attached hydrogens (tertiary/aromatic N) is 1. The Morgan fingerprint density at radius 3 is 2.29 bits per heavy atom. The van der Waals surface area contributed by atoms with Crippen molar-refractivity contribution in [3.05, 3.63) is 59.2 Å². The van der Waals surface area contributed by atoms with Crippen LogP contribution in [0.5, 0.6) is 11.5 Å². The lowest BCUT2D eigenvalue weighted by atomic mass is 9.72. The molecule has 0 radical (unpaired) electrons. The number of methoxy groups -OCH3 is 1. The van der Waals surface area contributed by atoms with Crippen molar-refractivity contribution in [2.45, 2.75) is 44.6 Å². The van der Waals surface area contributed by atoms with Gasteiger partial charge in [0.25, 0.3) is 5.91 Å². The molecule has 0 spiro atoms. The minimum Gasteiger partial charge on any atom is -0.507 e. The maximum atomic E-state index is 14.1. The molecule has 0 atom stereocenters. The number of carbonyl (C=O) groups is 2. The first-order chi connectivity index (χ1) is 15.9. The second kappa shape index (κ2) is 9.87. The van der Waals surface area contributed by atoms with Gasteiger partial charge in [0.1, 0.15) is 34.3 Å². The predicted molar refractivity (Wildman–Crippen MR) is 122 cm³/mol. The number of phenolic OH excluding ortho intramolecular Hbond substituents is 1. The third-order valence-corrected chi connectivity index (χ3v) is 5.89. The van der Waals surface area contributed by atoms with Crippen LogP contribution >= 0.6 is 0 Å². The van der Waals surface area contributed by atoms with E-state index in [0.29, 0.717) is 18.4 Å². The summed E-state index contributed by atoms with van der Waals surface area (Å²) in [4.78, 5) is 27.0. The summed E-state index contributed by atoms with van der Waals surface area (Å²) in [5, 5.41) is 13.0. The van der Waals surface area contributed by atoms with Crippen molar-refractivity contribution in [3.8, 4) is 11.5 Å². The summed E-state index contributed by atoms with van der Waals surface area (Å²) in [6.07, 6.45) is 0.218. The summed E-state index contributed by atoms with van der Waals surface area (Å²) in [5.41, 5.74) is -1.13. The lowest BCUT2D eigenvalue weighted by Gasteiger charge is -2.42. The Balaban J connectivity index is 1.85. The van der Waals surface area contributed by atoms with Crippen molar-refractivity contribution in [1.82, 2.24) is 10.2 Å². The average molecular weight is 477 g/mol. The van der Waals surface area contributed by atoms with Gasteiger partial charge in [-0.15, -0.1) is 0 Å². The minimum atomic E-state index is -0.839. The van der Waals surface area contributed by atoms with Gasteiger partial charge in [0.15, 0.2) is 0 Å². The SMILES string of the molecule is COc1cccc(O)c1C(=O)NCC1(c2cc(F)cc(F)c2)CCN(C(=O)OC(C)(C)C)CC1. The van der Waals surface area contributed by atoms with E-state index >= 15 is 0 Å². The number of likely N-dealkylation sites (tertiary alicyclic amines) is 1. The van der Waals surface area contributed by atoms with Crippen LogP contribution in [0.3, 0.4) is 0 Å². The van der Waals surface area contributed by atoms with Crippen molar-refractivity contribution < 1.29 is 33.0 Å². The van der Waals surface area contributed by atoms with Crippen LogP contribution in [0.1, 0.15) is 49.5 Å². The Morgan fingerprint density at radius 2 is 1.74 bits per heavy atom. The first-order valence-electron chi connectivity index (χ1n) is 11.0. The minimum absolute atomic E-state index is 0.0308. The predicted octanol–water partition coefficient (Wildman–Crippen LogP) is 4.38. The quantitative estimate of drug-likeness (QED) is 0.669. The summed E-state index contributed by atoms with van der Waals surface area (Å²) in [6.45, 7) is 5.92. The number of benzene rings is 2. The zero-order chi connectivity index (χ0) is 25.1. The molecule has 7 nitrogen and oxygen atoms in total. The van der Waals surface area contributed by atoms with Gasteiger partial charge in [-0.3, -0.25) is 4.79 Å². The summed E-state index contributed by atoms with van der Waals surface area (Å²) < 4.78 is 38.8. The van der Waals surface area contributed by atoms with Crippen LogP contribution in [0.4, 0.5) is 13.6 Å². The molecule has 34 heavy (non-hydrogen) atoms. The van der Waals surface area contributed by atoms with E-state index in [0.717, 1.165) is 6.07 Å². The number of carbonyl (C=O) groups excluding carboxylic acids is 2. The number of nitrogens with one attached hydrogen (secondary N) is 1. The summed E-state index contributed by atoms with van der Waals surface area (Å²) >= 11 is 0. The van der Waals surface area contributed by atoms with E-state index in [4.69, 9.17) is 9.47 Å². The average Bonchev–Trinajstić information content (AvgIpc) is 2.75. The van der Waals surface area contributed by atoms with Gasteiger partial charge in [-0.2, -0.15) is 0 Å². The number of amides is 2. The monoisotopic (exact) mass is 476 g/mol. The first-order valence-corrected chi connectivity index (χ1v) is 11.0. The number of phenols is 1. The number of halogens is 2. The Bertz CT molecular complexity index is 1040. The van der Waals surface area contributed by atoms with Gasteiger partial charge < -0.3 is 24.8 Å². The third-order valence-electron chi connectivity index (χ3n) is 5.89.